The number of carbonyl (C=O) groups is 1. The Morgan fingerprint density at radius 3 is 2.48 bits per heavy atom. The largest absolute Gasteiger partial charge is 0.320 e. The van der Waals surface area contributed by atoms with Crippen LogP contribution in [0.3, 0.4) is 0 Å². The minimum atomic E-state index is -3.92. The van der Waals surface area contributed by atoms with E-state index in [2.05, 4.69) is 14.9 Å². The molecule has 1 heterocycles. The molecule has 0 aliphatic rings. The Bertz CT molecular complexity index is 1030. The van der Waals surface area contributed by atoms with Crippen molar-refractivity contribution in [1.29, 1.82) is 0 Å². The van der Waals surface area contributed by atoms with E-state index in [9.17, 15) is 13.2 Å². The Morgan fingerprint density at radius 1 is 1.12 bits per heavy atom. The van der Waals surface area contributed by atoms with E-state index in [0.717, 1.165) is 5.56 Å². The molecule has 0 saturated carbocycles. The van der Waals surface area contributed by atoms with Crippen LogP contribution in [0.5, 0.6) is 0 Å². The summed E-state index contributed by atoms with van der Waals surface area (Å²) in [4.78, 5) is 12.5. The zero-order valence-corrected chi connectivity index (χ0v) is 15.3. The first kappa shape index (κ1) is 17.5. The topological polar surface area (TPSA) is 89.0 Å². The van der Waals surface area contributed by atoms with Crippen molar-refractivity contribution in [2.45, 2.75) is 16.0 Å². The summed E-state index contributed by atoms with van der Waals surface area (Å²) in [6.45, 7) is 1.83. The van der Waals surface area contributed by atoms with E-state index in [4.69, 9.17) is 11.6 Å². The molecule has 1 amide bonds. The van der Waals surface area contributed by atoms with Crippen LogP contribution >= 0.6 is 23.1 Å². The molecule has 0 unspecified atom stereocenters. The number of halogens is 1. The van der Waals surface area contributed by atoms with Crippen LogP contribution in [0.25, 0.3) is 0 Å². The Kier molecular flexibility index (Phi) is 4.85. The molecule has 0 bridgehead atoms. The van der Waals surface area contributed by atoms with E-state index < -0.39 is 15.7 Å². The maximum absolute atomic E-state index is 12.8. The van der Waals surface area contributed by atoms with Gasteiger partial charge in [0, 0.05) is 22.2 Å². The molecule has 3 aromatic rings. The number of benzene rings is 2. The quantitative estimate of drug-likeness (QED) is 0.731. The molecule has 0 fully saturated rings. The van der Waals surface area contributed by atoms with Gasteiger partial charge in [0.05, 0.1) is 4.90 Å². The van der Waals surface area contributed by atoms with Gasteiger partial charge in [-0.05, 0) is 42.8 Å². The van der Waals surface area contributed by atoms with Crippen LogP contribution < -0.4 is 5.32 Å². The fourth-order valence-corrected chi connectivity index (χ4v) is 4.53. The third-order valence-corrected chi connectivity index (χ3v) is 6.66. The standard InChI is InChI=1S/C16H12ClN3O3S2/c1-10-4-2-3-5-13(10)18-15(21)14-16(24-20-19-14)25(22,23)12-8-6-11(17)7-9-12/h2-9H,1H3,(H,18,21). The number of nitrogens with zero attached hydrogens (tertiary/aromatic N) is 2. The third-order valence-electron chi connectivity index (χ3n) is 3.43. The van der Waals surface area contributed by atoms with Crippen LogP contribution in [-0.4, -0.2) is 23.9 Å². The number of para-hydroxylation sites is 1. The summed E-state index contributed by atoms with van der Waals surface area (Å²) in [5, 5.41) is 6.78. The number of amides is 1. The van der Waals surface area contributed by atoms with Crippen LogP contribution in [0.4, 0.5) is 5.69 Å². The lowest BCUT2D eigenvalue weighted by atomic mass is 10.2. The van der Waals surface area contributed by atoms with Gasteiger partial charge in [0.25, 0.3) is 5.91 Å². The lowest BCUT2D eigenvalue weighted by molar-refractivity contribution is 0.101. The van der Waals surface area contributed by atoms with Gasteiger partial charge in [0.15, 0.2) is 9.90 Å². The number of nitrogens with one attached hydrogen (secondary N) is 1. The van der Waals surface area contributed by atoms with Crippen molar-refractivity contribution in [3.8, 4) is 0 Å². The number of hydrogen-bond donors (Lipinski definition) is 1. The van der Waals surface area contributed by atoms with Gasteiger partial charge < -0.3 is 5.32 Å². The van der Waals surface area contributed by atoms with Crippen LogP contribution in [0, 0.1) is 6.92 Å². The number of rotatable bonds is 4. The number of sulfone groups is 1. The van der Waals surface area contributed by atoms with E-state index in [1.807, 2.05) is 19.1 Å². The van der Waals surface area contributed by atoms with Crippen LogP contribution in [-0.2, 0) is 9.84 Å². The van der Waals surface area contributed by atoms with Crippen molar-refractivity contribution in [2.75, 3.05) is 5.32 Å². The normalized spacial score (nSPS) is 11.3. The molecule has 1 aromatic heterocycles. The number of hydrogen-bond acceptors (Lipinski definition) is 6. The van der Waals surface area contributed by atoms with Gasteiger partial charge >= 0.3 is 0 Å². The Hall–Kier alpha value is -2.29. The predicted octanol–water partition coefficient (Wildman–Crippen LogP) is 3.59. The number of aryl methyl sites for hydroxylation is 1. The minimum Gasteiger partial charge on any atom is -0.320 e. The Balaban J connectivity index is 1.96. The van der Waals surface area contributed by atoms with Crippen molar-refractivity contribution in [1.82, 2.24) is 9.59 Å². The fourth-order valence-electron chi connectivity index (χ4n) is 2.11. The summed E-state index contributed by atoms with van der Waals surface area (Å²) in [7, 11) is -3.92. The molecular formula is C16H12ClN3O3S2. The molecule has 128 valence electrons. The second kappa shape index (κ2) is 6.91. The molecular weight excluding hydrogens is 382 g/mol. The Labute approximate surface area is 153 Å². The first-order chi connectivity index (χ1) is 11.9. The molecule has 25 heavy (non-hydrogen) atoms. The van der Waals surface area contributed by atoms with Crippen molar-refractivity contribution in [3.63, 3.8) is 0 Å². The van der Waals surface area contributed by atoms with E-state index >= 15 is 0 Å². The molecule has 0 saturated heterocycles. The molecule has 0 spiro atoms. The first-order valence-corrected chi connectivity index (χ1v) is 9.73. The van der Waals surface area contributed by atoms with Gasteiger partial charge in [-0.3, -0.25) is 4.79 Å². The maximum Gasteiger partial charge on any atom is 0.278 e. The van der Waals surface area contributed by atoms with Crippen LogP contribution in [0.1, 0.15) is 16.1 Å². The highest BCUT2D eigenvalue weighted by molar-refractivity contribution is 7.93. The van der Waals surface area contributed by atoms with Gasteiger partial charge in [0.1, 0.15) is 0 Å². The Morgan fingerprint density at radius 2 is 1.80 bits per heavy atom. The highest BCUT2D eigenvalue weighted by atomic mass is 35.5. The molecule has 0 radical (unpaired) electrons. The van der Waals surface area contributed by atoms with Gasteiger partial charge in [-0.2, -0.15) is 0 Å². The van der Waals surface area contributed by atoms with Gasteiger partial charge in [0.2, 0.25) is 9.84 Å². The molecule has 9 heteroatoms. The highest BCUT2D eigenvalue weighted by Crippen LogP contribution is 2.27. The van der Waals surface area contributed by atoms with E-state index in [-0.39, 0.29) is 14.8 Å². The smallest absolute Gasteiger partial charge is 0.278 e. The zero-order valence-electron chi connectivity index (χ0n) is 12.9. The molecule has 0 aliphatic carbocycles. The molecule has 2 aromatic carbocycles. The van der Waals surface area contributed by atoms with Gasteiger partial charge in [-0.15, -0.1) is 5.10 Å². The van der Waals surface area contributed by atoms with Gasteiger partial charge in [-0.1, -0.05) is 34.3 Å². The molecule has 6 nitrogen and oxygen atoms in total. The monoisotopic (exact) mass is 393 g/mol. The van der Waals surface area contributed by atoms with Crippen molar-refractivity contribution >= 4 is 44.6 Å². The summed E-state index contributed by atoms with van der Waals surface area (Å²) in [5.74, 6) is -0.629. The average Bonchev–Trinajstić information content (AvgIpc) is 3.08. The molecule has 3 rings (SSSR count). The number of aromatic nitrogens is 2. The second-order valence-corrected chi connectivity index (χ2v) is 8.47. The summed E-state index contributed by atoms with van der Waals surface area (Å²) in [5.41, 5.74) is 1.19. The van der Waals surface area contributed by atoms with E-state index in [1.165, 1.54) is 24.3 Å². The van der Waals surface area contributed by atoms with Crippen molar-refractivity contribution in [2.24, 2.45) is 0 Å². The fraction of sp³-hybridized carbons (Fsp3) is 0.0625. The lowest BCUT2D eigenvalue weighted by Crippen LogP contribution is -2.16. The molecule has 1 N–H and O–H groups in total. The summed E-state index contributed by atoms with van der Waals surface area (Å²) in [6, 6.07) is 12.9. The van der Waals surface area contributed by atoms with Crippen molar-refractivity contribution < 1.29 is 13.2 Å². The van der Waals surface area contributed by atoms with Crippen LogP contribution in [0.2, 0.25) is 5.02 Å². The zero-order chi connectivity index (χ0) is 18.0. The summed E-state index contributed by atoms with van der Waals surface area (Å²) in [6.07, 6.45) is 0. The number of carbonyl (C=O) groups excluding carboxylic acids is 1. The lowest BCUT2D eigenvalue weighted by Gasteiger charge is -2.08. The predicted molar refractivity (Wildman–Crippen MR) is 95.9 cm³/mol. The second-order valence-electron chi connectivity index (χ2n) is 5.14. The van der Waals surface area contributed by atoms with E-state index in [1.54, 1.807) is 12.1 Å². The minimum absolute atomic E-state index is 0.0212. The third kappa shape index (κ3) is 3.55. The summed E-state index contributed by atoms with van der Waals surface area (Å²) >= 11 is 6.45. The average molecular weight is 394 g/mol. The summed E-state index contributed by atoms with van der Waals surface area (Å²) < 4.78 is 29.0. The number of anilines is 1. The van der Waals surface area contributed by atoms with Gasteiger partial charge in [-0.25, -0.2) is 8.42 Å². The molecule has 0 aliphatic heterocycles. The van der Waals surface area contributed by atoms with Crippen molar-refractivity contribution in [3.05, 3.63) is 64.8 Å². The first-order valence-electron chi connectivity index (χ1n) is 7.09. The maximum atomic E-state index is 12.8. The highest BCUT2D eigenvalue weighted by Gasteiger charge is 2.29. The SMILES string of the molecule is Cc1ccccc1NC(=O)c1nnsc1S(=O)(=O)c1ccc(Cl)cc1. The molecule has 0 atom stereocenters. The van der Waals surface area contributed by atoms with Crippen LogP contribution in [0.15, 0.2) is 57.6 Å². The van der Waals surface area contributed by atoms with E-state index in [0.29, 0.717) is 22.2 Å².